The molecule has 0 saturated heterocycles. The molecule has 0 bridgehead atoms. The van der Waals surface area contributed by atoms with Crippen molar-refractivity contribution in [3.63, 3.8) is 0 Å². The number of allylic oxidation sites excluding steroid dienone is 1. The van der Waals surface area contributed by atoms with Crippen molar-refractivity contribution < 1.29 is 17.8 Å². The molecule has 42 heavy (non-hydrogen) atoms. The van der Waals surface area contributed by atoms with E-state index in [1.807, 2.05) is 24.2 Å². The molecule has 3 atom stereocenters. The molecule has 1 saturated carbocycles. The Hall–Kier alpha value is -4.03. The molecule has 12 heteroatoms. The van der Waals surface area contributed by atoms with E-state index in [9.17, 15) is 17.8 Å². The van der Waals surface area contributed by atoms with Crippen LogP contribution >= 0.6 is 0 Å². The number of benzene rings is 1. The van der Waals surface area contributed by atoms with Crippen LogP contribution in [0.4, 0.5) is 8.78 Å². The number of hydrogen-bond donors (Lipinski definition) is 0. The van der Waals surface area contributed by atoms with Gasteiger partial charge in [-0.05, 0) is 87.4 Å². The second kappa shape index (κ2) is 10.4. The van der Waals surface area contributed by atoms with Crippen LogP contribution in [-0.2, 0) is 23.2 Å². The fraction of sp³-hybridized carbons (Fsp3) is 0.333. The average Bonchev–Trinajstić information content (AvgIpc) is 3.57. The van der Waals surface area contributed by atoms with E-state index in [4.69, 9.17) is 0 Å². The maximum absolute atomic E-state index is 14.4. The Morgan fingerprint density at radius 1 is 1.14 bits per heavy atom. The number of halogens is 2. The molecule has 1 unspecified atom stereocenters. The van der Waals surface area contributed by atoms with E-state index in [1.54, 1.807) is 30.1 Å². The number of carbonyl (C=O) groups is 1. The molecular weight excluding hydrogens is 560 g/mol. The second-order valence-electron chi connectivity index (χ2n) is 11.2. The molecule has 2 aliphatic carbocycles. The number of carbonyl (C=O) groups excluding carboxylic acids is 1. The normalized spacial score (nSPS) is 21.5. The lowest BCUT2D eigenvalue weighted by molar-refractivity contribution is 0.0725. The van der Waals surface area contributed by atoms with Crippen molar-refractivity contribution in [2.45, 2.75) is 56.6 Å². The lowest BCUT2D eigenvalue weighted by atomic mass is 9.60. The van der Waals surface area contributed by atoms with Gasteiger partial charge in [0.25, 0.3) is 0 Å². The van der Waals surface area contributed by atoms with E-state index in [2.05, 4.69) is 26.2 Å². The summed E-state index contributed by atoms with van der Waals surface area (Å²) in [5.41, 5.74) is 2.18. The number of hydrogen-bond acceptors (Lipinski definition) is 6. The summed E-state index contributed by atoms with van der Waals surface area (Å²) >= 11 is 0. The molecule has 3 heterocycles. The fourth-order valence-corrected chi connectivity index (χ4v) is 8.46. The summed E-state index contributed by atoms with van der Waals surface area (Å²) in [5, 5.41) is 13.3. The summed E-state index contributed by atoms with van der Waals surface area (Å²) in [6.07, 6.45) is 8.22. The zero-order valence-corrected chi connectivity index (χ0v) is 24.4. The lowest BCUT2D eigenvalue weighted by Crippen LogP contribution is -2.52. The van der Waals surface area contributed by atoms with E-state index >= 15 is 0 Å². The Kier molecular flexibility index (Phi) is 6.93. The first-order valence-corrected chi connectivity index (χ1v) is 15.4. The number of nitrogens with zero attached hydrogens (tertiary/aromatic N) is 7. The second-order valence-corrected chi connectivity index (χ2v) is 13.3. The van der Waals surface area contributed by atoms with Gasteiger partial charge in [0.05, 0.1) is 38.9 Å². The van der Waals surface area contributed by atoms with Crippen LogP contribution in [0.3, 0.4) is 0 Å². The van der Waals surface area contributed by atoms with Gasteiger partial charge in [-0.1, -0.05) is 5.57 Å². The van der Waals surface area contributed by atoms with E-state index in [0.717, 1.165) is 16.8 Å². The van der Waals surface area contributed by atoms with Gasteiger partial charge in [-0.15, -0.1) is 5.10 Å². The number of fused-ring (bicyclic) bond motifs is 2. The topological polar surface area (TPSA) is 98.8 Å². The molecule has 1 aromatic carbocycles. The zero-order valence-electron chi connectivity index (χ0n) is 23.6. The van der Waals surface area contributed by atoms with Crippen molar-refractivity contribution in [1.29, 1.82) is 0 Å². The number of aryl methyl sites for hydroxylation is 1. The average molecular weight is 592 g/mol. The SMILES string of the molecule is C=S(=O)(c1cnn(C)n1)N(C(C)C)[C@H]1CCC2=Cc3c(cnn3-c3ccc(F)cc3)C[C@]2(C(=O)c2cc(F)ccn2)C1. The minimum Gasteiger partial charge on any atom is -0.291 e. The van der Waals surface area contributed by atoms with Gasteiger partial charge >= 0.3 is 0 Å². The Bertz CT molecular complexity index is 1810. The zero-order chi connectivity index (χ0) is 29.8. The smallest absolute Gasteiger partial charge is 0.191 e. The van der Waals surface area contributed by atoms with Crippen LogP contribution in [0, 0.1) is 17.0 Å². The summed E-state index contributed by atoms with van der Waals surface area (Å²) in [4.78, 5) is 20.0. The van der Waals surface area contributed by atoms with E-state index in [1.165, 1.54) is 41.5 Å². The molecule has 9 nitrogen and oxygen atoms in total. The molecule has 0 radical (unpaired) electrons. The van der Waals surface area contributed by atoms with E-state index in [0.29, 0.717) is 31.4 Å². The Morgan fingerprint density at radius 2 is 1.90 bits per heavy atom. The van der Waals surface area contributed by atoms with Gasteiger partial charge in [-0.2, -0.15) is 15.0 Å². The number of Topliss-reactive ketones (excluding diaryl/α,β-unsaturated/α-hetero) is 1. The minimum atomic E-state index is -3.05. The molecule has 2 aliphatic rings. The molecule has 4 aromatic rings. The third kappa shape index (κ3) is 4.68. The molecule has 0 aliphatic heterocycles. The third-order valence-corrected chi connectivity index (χ3v) is 10.5. The standard InChI is InChI=1S/C30H31F2N7O2S/c1-19(2)39(42(4,41)28-18-34-37(3)36-28)25-8-5-21-13-27-20(17-35-38(27)24-9-6-22(31)7-10-24)15-30(21,16-25)29(40)26-14-23(32)11-12-33-26/h6-7,9-14,17-19,25H,4-5,8,15-16H2,1-3H3/t25-,30-,42?/m0/s1. The predicted molar refractivity (Wildman–Crippen MR) is 155 cm³/mol. The summed E-state index contributed by atoms with van der Waals surface area (Å²) < 4.78 is 45.8. The first kappa shape index (κ1) is 28.1. The number of pyridine rings is 1. The van der Waals surface area contributed by atoms with Crippen LogP contribution in [0.1, 0.15) is 54.9 Å². The van der Waals surface area contributed by atoms with Gasteiger partial charge < -0.3 is 0 Å². The predicted octanol–water partition coefficient (Wildman–Crippen LogP) is 4.44. The maximum Gasteiger partial charge on any atom is 0.191 e. The van der Waals surface area contributed by atoms with Crippen molar-refractivity contribution >= 4 is 27.4 Å². The molecule has 0 N–H and O–H groups in total. The van der Waals surface area contributed by atoms with Crippen LogP contribution < -0.4 is 0 Å². The van der Waals surface area contributed by atoms with E-state index in [-0.39, 0.29) is 34.4 Å². The third-order valence-electron chi connectivity index (χ3n) is 8.21. The highest BCUT2D eigenvalue weighted by Crippen LogP contribution is 2.51. The highest BCUT2D eigenvalue weighted by Gasteiger charge is 2.51. The van der Waals surface area contributed by atoms with Crippen LogP contribution in [0.5, 0.6) is 0 Å². The number of aromatic nitrogens is 6. The molecule has 1 fully saturated rings. The maximum atomic E-state index is 14.4. The minimum absolute atomic E-state index is 0.0382. The van der Waals surface area contributed by atoms with Crippen LogP contribution in [0.25, 0.3) is 11.8 Å². The number of rotatable bonds is 7. The highest BCUT2D eigenvalue weighted by molar-refractivity contribution is 7.98. The van der Waals surface area contributed by atoms with Crippen molar-refractivity contribution in [2.75, 3.05) is 0 Å². The van der Waals surface area contributed by atoms with Crippen molar-refractivity contribution in [1.82, 2.24) is 34.1 Å². The van der Waals surface area contributed by atoms with Gasteiger partial charge in [0.2, 0.25) is 0 Å². The van der Waals surface area contributed by atoms with Crippen molar-refractivity contribution in [3.8, 4) is 5.69 Å². The Balaban J connectivity index is 1.46. The summed E-state index contributed by atoms with van der Waals surface area (Å²) in [5.74, 6) is 2.92. The first-order valence-electron chi connectivity index (χ1n) is 13.7. The van der Waals surface area contributed by atoms with Crippen LogP contribution in [0.2, 0.25) is 0 Å². The van der Waals surface area contributed by atoms with Gasteiger partial charge in [0.15, 0.2) is 10.8 Å². The Labute approximate surface area is 243 Å². The van der Waals surface area contributed by atoms with Gasteiger partial charge in [-0.25, -0.2) is 22.0 Å². The summed E-state index contributed by atoms with van der Waals surface area (Å²) in [6, 6.07) is 7.94. The van der Waals surface area contributed by atoms with E-state index < -0.39 is 20.9 Å². The van der Waals surface area contributed by atoms with Gasteiger partial charge in [-0.3, -0.25) is 9.78 Å². The largest absolute Gasteiger partial charge is 0.291 e. The number of ketones is 1. The highest BCUT2D eigenvalue weighted by atomic mass is 32.2. The van der Waals surface area contributed by atoms with Crippen LogP contribution in [-0.4, -0.2) is 62.0 Å². The molecule has 218 valence electrons. The van der Waals surface area contributed by atoms with Gasteiger partial charge in [0, 0.05) is 31.4 Å². The molecule has 3 aromatic heterocycles. The Morgan fingerprint density at radius 3 is 2.57 bits per heavy atom. The lowest BCUT2D eigenvalue weighted by Gasteiger charge is -2.48. The van der Waals surface area contributed by atoms with Crippen LogP contribution in [0.15, 0.2) is 65.6 Å². The quantitative estimate of drug-likeness (QED) is 0.233. The fourth-order valence-electron chi connectivity index (χ4n) is 6.45. The molecule has 0 amide bonds. The summed E-state index contributed by atoms with van der Waals surface area (Å²) in [7, 11) is -1.40. The first-order chi connectivity index (χ1) is 20.0. The molecular formula is C30H31F2N7O2S. The van der Waals surface area contributed by atoms with Crippen molar-refractivity contribution in [3.05, 3.63) is 89.1 Å². The van der Waals surface area contributed by atoms with Crippen molar-refractivity contribution in [2.24, 2.45) is 12.5 Å². The molecule has 6 rings (SSSR count). The summed E-state index contributed by atoms with van der Waals surface area (Å²) in [6.45, 7) is 3.89. The monoisotopic (exact) mass is 591 g/mol. The van der Waals surface area contributed by atoms with Gasteiger partial charge in [0.1, 0.15) is 17.3 Å². The molecule has 0 spiro atoms.